The number of ether oxygens (including phenoxy) is 4. The van der Waals surface area contributed by atoms with Crippen molar-refractivity contribution in [1.29, 1.82) is 0 Å². The van der Waals surface area contributed by atoms with Crippen molar-refractivity contribution in [2.45, 2.75) is 110 Å². The Bertz CT molecular complexity index is 1060. The molecule has 206 valence electrons. The molecule has 3 aliphatic rings. The number of hydrogen-bond acceptors (Lipinski definition) is 10. The average molecular weight is 523 g/mol. The van der Waals surface area contributed by atoms with Gasteiger partial charge in [0.05, 0.1) is 5.92 Å². The van der Waals surface area contributed by atoms with Crippen molar-refractivity contribution in [3.05, 3.63) is 22.8 Å². The van der Waals surface area contributed by atoms with Gasteiger partial charge in [0.1, 0.15) is 17.8 Å². The standard InChI is InChI=1S/C27H38O10/c1-9-13(3)22(29)34-18-11-17-20(15(18)5)21-27(33,26(8,32)24(31)36-21)19(35-23(30)14(4)10-2)12-25(17,7)37-16(6)28/h9,14,17-19,21,32-33H,10-12H2,1-8H3/b13-9+/t14-,17+,18-,19+,21+,25-,26-,27-/m1/s1. The van der Waals surface area contributed by atoms with E-state index in [1.165, 1.54) is 6.92 Å². The summed E-state index contributed by atoms with van der Waals surface area (Å²) in [5.74, 6) is -4.06. The monoisotopic (exact) mass is 522 g/mol. The number of rotatable bonds is 6. The summed E-state index contributed by atoms with van der Waals surface area (Å²) in [6.07, 6.45) is -1.63. The van der Waals surface area contributed by atoms with Crippen molar-refractivity contribution in [1.82, 2.24) is 0 Å². The molecule has 0 amide bonds. The molecule has 37 heavy (non-hydrogen) atoms. The van der Waals surface area contributed by atoms with Crippen LogP contribution in [-0.4, -0.2) is 69.2 Å². The number of carbonyl (C=O) groups excluding carboxylic acids is 4. The van der Waals surface area contributed by atoms with E-state index in [1.807, 2.05) is 0 Å². The molecule has 2 fully saturated rings. The fourth-order valence-corrected chi connectivity index (χ4v) is 5.60. The lowest BCUT2D eigenvalue weighted by atomic mass is 9.75. The smallest absolute Gasteiger partial charge is 0.341 e. The van der Waals surface area contributed by atoms with Gasteiger partial charge in [-0.2, -0.15) is 0 Å². The second kappa shape index (κ2) is 9.87. The van der Waals surface area contributed by atoms with Crippen molar-refractivity contribution in [3.8, 4) is 0 Å². The summed E-state index contributed by atoms with van der Waals surface area (Å²) in [4.78, 5) is 50.5. The predicted octanol–water partition coefficient (Wildman–Crippen LogP) is 2.29. The quantitative estimate of drug-likeness (QED) is 0.231. The molecule has 0 unspecified atom stereocenters. The fraction of sp³-hybridized carbons (Fsp3) is 0.704. The van der Waals surface area contributed by atoms with Crippen molar-refractivity contribution < 1.29 is 48.3 Å². The summed E-state index contributed by atoms with van der Waals surface area (Å²) in [5, 5.41) is 23.4. The van der Waals surface area contributed by atoms with Crippen LogP contribution in [0.25, 0.3) is 0 Å². The van der Waals surface area contributed by atoms with Gasteiger partial charge in [-0.15, -0.1) is 0 Å². The summed E-state index contributed by atoms with van der Waals surface area (Å²) in [7, 11) is 0. The van der Waals surface area contributed by atoms with Gasteiger partial charge in [-0.3, -0.25) is 9.59 Å². The number of carbonyl (C=O) groups is 4. The maximum absolute atomic E-state index is 12.9. The Morgan fingerprint density at radius 2 is 1.81 bits per heavy atom. The van der Waals surface area contributed by atoms with E-state index in [0.717, 1.165) is 6.92 Å². The first kappa shape index (κ1) is 28.8. The third-order valence-corrected chi connectivity index (χ3v) is 8.32. The second-order valence-electron chi connectivity index (χ2n) is 10.8. The fourth-order valence-electron chi connectivity index (χ4n) is 5.60. The molecular formula is C27H38O10. The Hall–Kier alpha value is -2.72. The zero-order valence-corrected chi connectivity index (χ0v) is 22.7. The van der Waals surface area contributed by atoms with Crippen molar-refractivity contribution >= 4 is 23.9 Å². The number of hydrogen-bond donors (Lipinski definition) is 2. The molecule has 1 saturated heterocycles. The highest BCUT2D eigenvalue weighted by molar-refractivity contribution is 5.88. The Morgan fingerprint density at radius 3 is 2.35 bits per heavy atom. The number of esters is 4. The minimum atomic E-state index is -2.45. The highest BCUT2D eigenvalue weighted by atomic mass is 16.6. The van der Waals surface area contributed by atoms with Crippen molar-refractivity contribution in [2.75, 3.05) is 0 Å². The lowest BCUT2D eigenvalue weighted by Crippen LogP contribution is -2.64. The zero-order valence-electron chi connectivity index (χ0n) is 22.7. The minimum Gasteiger partial charge on any atom is -0.459 e. The first-order chi connectivity index (χ1) is 17.0. The van der Waals surface area contributed by atoms with E-state index >= 15 is 0 Å². The molecule has 2 aliphatic carbocycles. The van der Waals surface area contributed by atoms with Crippen LogP contribution in [0.5, 0.6) is 0 Å². The van der Waals surface area contributed by atoms with Gasteiger partial charge in [-0.05, 0) is 58.6 Å². The molecule has 0 aromatic rings. The van der Waals surface area contributed by atoms with Gasteiger partial charge in [0.25, 0.3) is 0 Å². The Kier molecular flexibility index (Phi) is 7.69. The molecule has 0 radical (unpaired) electrons. The van der Waals surface area contributed by atoms with Crippen LogP contribution >= 0.6 is 0 Å². The van der Waals surface area contributed by atoms with E-state index in [9.17, 15) is 29.4 Å². The molecule has 0 aromatic carbocycles. The van der Waals surface area contributed by atoms with Crippen molar-refractivity contribution in [2.24, 2.45) is 11.8 Å². The van der Waals surface area contributed by atoms with Crippen molar-refractivity contribution in [3.63, 3.8) is 0 Å². The number of fused-ring (bicyclic) bond motifs is 3. The average Bonchev–Trinajstić information content (AvgIpc) is 3.20. The lowest BCUT2D eigenvalue weighted by Gasteiger charge is -2.41. The summed E-state index contributed by atoms with van der Waals surface area (Å²) in [6, 6.07) is 0. The zero-order chi connectivity index (χ0) is 28.1. The molecule has 2 N–H and O–H groups in total. The molecule has 8 atom stereocenters. The number of aliphatic hydroxyl groups is 2. The summed E-state index contributed by atoms with van der Waals surface area (Å²) in [6.45, 7) is 12.4. The van der Waals surface area contributed by atoms with Crippen LogP contribution in [0.4, 0.5) is 0 Å². The van der Waals surface area contributed by atoms with Gasteiger partial charge in [-0.1, -0.05) is 19.9 Å². The maximum Gasteiger partial charge on any atom is 0.341 e. The number of allylic oxidation sites excluding steroid dienone is 1. The Balaban J connectivity index is 2.21. The van der Waals surface area contributed by atoms with Crippen LogP contribution in [-0.2, 0) is 38.1 Å². The molecule has 1 saturated carbocycles. The summed E-state index contributed by atoms with van der Waals surface area (Å²) < 4.78 is 22.9. The molecule has 0 aromatic heterocycles. The largest absolute Gasteiger partial charge is 0.459 e. The van der Waals surface area contributed by atoms with Crippen LogP contribution in [0.15, 0.2) is 22.8 Å². The van der Waals surface area contributed by atoms with Crippen LogP contribution in [0.1, 0.15) is 74.7 Å². The third kappa shape index (κ3) is 4.58. The first-order valence-corrected chi connectivity index (χ1v) is 12.6. The van der Waals surface area contributed by atoms with Crippen LogP contribution in [0.2, 0.25) is 0 Å². The minimum absolute atomic E-state index is 0.173. The van der Waals surface area contributed by atoms with Gasteiger partial charge in [0.15, 0.2) is 17.3 Å². The van der Waals surface area contributed by atoms with E-state index in [0.29, 0.717) is 23.1 Å². The normalized spacial score (nSPS) is 38.2. The van der Waals surface area contributed by atoms with Gasteiger partial charge < -0.3 is 29.2 Å². The molecule has 0 spiro atoms. The summed E-state index contributed by atoms with van der Waals surface area (Å²) in [5.41, 5.74) is -4.94. The Morgan fingerprint density at radius 1 is 1.19 bits per heavy atom. The predicted molar refractivity (Wildman–Crippen MR) is 130 cm³/mol. The van der Waals surface area contributed by atoms with E-state index in [2.05, 4.69) is 0 Å². The van der Waals surface area contributed by atoms with Gasteiger partial charge >= 0.3 is 23.9 Å². The van der Waals surface area contributed by atoms with E-state index in [-0.39, 0.29) is 12.8 Å². The summed E-state index contributed by atoms with van der Waals surface area (Å²) >= 11 is 0. The van der Waals surface area contributed by atoms with Gasteiger partial charge in [0.2, 0.25) is 0 Å². The Labute approximate surface area is 217 Å². The molecule has 3 rings (SSSR count). The lowest BCUT2D eigenvalue weighted by molar-refractivity contribution is -0.212. The van der Waals surface area contributed by atoms with Gasteiger partial charge in [0, 0.05) is 24.8 Å². The van der Waals surface area contributed by atoms with E-state index in [1.54, 1.807) is 47.6 Å². The first-order valence-electron chi connectivity index (χ1n) is 12.6. The highest BCUT2D eigenvalue weighted by Gasteiger charge is 2.74. The topological polar surface area (TPSA) is 146 Å². The van der Waals surface area contributed by atoms with Crippen LogP contribution < -0.4 is 0 Å². The SMILES string of the molecule is C/C=C(\C)C(=O)O[C@@H]1C[C@H]2C(=C1C)[C@@H]1OC(=O)[C@@](C)(O)[C@@]1(O)[C@@H](OC(=O)[C@H](C)CC)C[C@@]2(C)OC(C)=O. The maximum atomic E-state index is 12.9. The van der Waals surface area contributed by atoms with Crippen LogP contribution in [0, 0.1) is 11.8 Å². The molecule has 0 bridgehead atoms. The van der Waals surface area contributed by atoms with E-state index in [4.69, 9.17) is 18.9 Å². The van der Waals surface area contributed by atoms with Crippen LogP contribution in [0.3, 0.4) is 0 Å². The molecule has 10 heteroatoms. The second-order valence-corrected chi connectivity index (χ2v) is 10.8. The molecular weight excluding hydrogens is 484 g/mol. The van der Waals surface area contributed by atoms with Gasteiger partial charge in [-0.25, -0.2) is 9.59 Å². The third-order valence-electron chi connectivity index (χ3n) is 8.32. The van der Waals surface area contributed by atoms with E-state index < -0.39 is 70.8 Å². The molecule has 10 nitrogen and oxygen atoms in total. The molecule has 1 aliphatic heterocycles. The highest BCUT2D eigenvalue weighted by Crippen LogP contribution is 2.56. The molecule has 1 heterocycles.